The Kier molecular flexibility index (Phi) is 14.9. The van der Waals surface area contributed by atoms with Gasteiger partial charge in [-0.15, -0.1) is 0 Å². The number of hydrogen-bond donors (Lipinski definition) is 1. The largest absolute Gasteiger partial charge is 0.365 e. The van der Waals surface area contributed by atoms with Gasteiger partial charge in [0.2, 0.25) is 0 Å². The molecular weight excluding hydrogens is 275 g/mol. The Morgan fingerprint density at radius 2 is 1.59 bits per heavy atom. The maximum absolute atomic E-state index is 11.8. The molecular formula is C19H35FN2. The van der Waals surface area contributed by atoms with Crippen LogP contribution in [-0.2, 0) is 13.0 Å². The summed E-state index contributed by atoms with van der Waals surface area (Å²) >= 11 is 0. The lowest BCUT2D eigenvalue weighted by atomic mass is 10.2. The van der Waals surface area contributed by atoms with E-state index in [1.807, 2.05) is 64.6 Å². The normalized spacial score (nSPS) is 8.77. The van der Waals surface area contributed by atoms with E-state index in [4.69, 9.17) is 0 Å². The number of rotatable bonds is 3. The number of H-pyrrole nitrogens is 1. The standard InChI is InChI=1S/C8H12FN.C7H11N.2C2H6/c1-7-3-5-10(6-4-9)8(7)2;1-3-7-6(2)4-5-8-7;2*1-2/h3,5H,4,6H2,1-2H3;4-5,8H,3H2,1-2H3;2*1-2H3. The van der Waals surface area contributed by atoms with E-state index in [-0.39, 0.29) is 6.67 Å². The van der Waals surface area contributed by atoms with E-state index in [1.54, 1.807) is 0 Å². The summed E-state index contributed by atoms with van der Waals surface area (Å²) in [7, 11) is 0. The number of alkyl halides is 1. The predicted octanol–water partition coefficient (Wildman–Crippen LogP) is 6.01. The molecule has 2 aromatic heterocycles. The first-order valence-electron chi connectivity index (χ1n) is 8.41. The summed E-state index contributed by atoms with van der Waals surface area (Å²) in [5.41, 5.74) is 5.11. The molecule has 0 saturated carbocycles. The third-order valence-electron chi connectivity index (χ3n) is 3.25. The monoisotopic (exact) mass is 310 g/mol. The van der Waals surface area contributed by atoms with E-state index >= 15 is 0 Å². The molecule has 0 spiro atoms. The van der Waals surface area contributed by atoms with Gasteiger partial charge < -0.3 is 9.55 Å². The smallest absolute Gasteiger partial charge is 0.107 e. The van der Waals surface area contributed by atoms with Crippen LogP contribution in [0.3, 0.4) is 0 Å². The van der Waals surface area contributed by atoms with Gasteiger partial charge in [-0.25, -0.2) is 4.39 Å². The van der Waals surface area contributed by atoms with Gasteiger partial charge in [0.1, 0.15) is 6.67 Å². The van der Waals surface area contributed by atoms with Gasteiger partial charge in [-0.2, -0.15) is 0 Å². The summed E-state index contributed by atoms with van der Waals surface area (Å²) in [5.74, 6) is 0. The van der Waals surface area contributed by atoms with E-state index in [0.29, 0.717) is 6.54 Å². The molecule has 1 N–H and O–H groups in total. The number of aromatic amines is 1. The average Bonchev–Trinajstić information content (AvgIpc) is 3.12. The molecule has 3 heteroatoms. The fourth-order valence-corrected chi connectivity index (χ4v) is 1.86. The molecule has 0 saturated heterocycles. The van der Waals surface area contributed by atoms with Gasteiger partial charge in [-0.1, -0.05) is 34.6 Å². The average molecular weight is 311 g/mol. The van der Waals surface area contributed by atoms with Crippen LogP contribution < -0.4 is 0 Å². The highest BCUT2D eigenvalue weighted by molar-refractivity contribution is 5.18. The van der Waals surface area contributed by atoms with Crippen molar-refractivity contribution in [1.29, 1.82) is 0 Å². The molecule has 0 unspecified atom stereocenters. The van der Waals surface area contributed by atoms with Gasteiger partial charge in [0, 0.05) is 23.8 Å². The Morgan fingerprint density at radius 1 is 1.00 bits per heavy atom. The van der Waals surface area contributed by atoms with Gasteiger partial charge in [-0.05, 0) is 50.5 Å². The molecule has 0 atom stereocenters. The maximum Gasteiger partial charge on any atom is 0.107 e. The first-order valence-corrected chi connectivity index (χ1v) is 8.41. The van der Waals surface area contributed by atoms with Gasteiger partial charge in [0.25, 0.3) is 0 Å². The number of nitrogens with one attached hydrogen (secondary N) is 1. The van der Waals surface area contributed by atoms with Crippen LogP contribution in [0.4, 0.5) is 4.39 Å². The molecule has 0 fully saturated rings. The number of aryl methyl sites for hydroxylation is 4. The topological polar surface area (TPSA) is 20.7 Å². The molecule has 0 radical (unpaired) electrons. The Morgan fingerprint density at radius 3 is 1.86 bits per heavy atom. The van der Waals surface area contributed by atoms with Crippen molar-refractivity contribution < 1.29 is 4.39 Å². The molecule has 2 heterocycles. The maximum atomic E-state index is 11.8. The summed E-state index contributed by atoms with van der Waals surface area (Å²) in [4.78, 5) is 3.16. The lowest BCUT2D eigenvalue weighted by Gasteiger charge is -2.01. The molecule has 0 aromatic carbocycles. The first kappa shape index (κ1) is 22.8. The minimum atomic E-state index is -0.283. The fraction of sp³-hybridized carbons (Fsp3) is 0.579. The Labute approximate surface area is 136 Å². The van der Waals surface area contributed by atoms with Crippen LogP contribution >= 0.6 is 0 Å². The first-order chi connectivity index (χ1) is 10.6. The van der Waals surface area contributed by atoms with Crippen LogP contribution in [0.2, 0.25) is 0 Å². The molecule has 2 nitrogen and oxygen atoms in total. The van der Waals surface area contributed by atoms with Crippen LogP contribution in [-0.4, -0.2) is 16.2 Å². The van der Waals surface area contributed by atoms with Crippen molar-refractivity contribution in [1.82, 2.24) is 9.55 Å². The lowest BCUT2D eigenvalue weighted by Crippen LogP contribution is -1.99. The zero-order valence-corrected chi connectivity index (χ0v) is 15.8. The minimum Gasteiger partial charge on any atom is -0.365 e. The van der Waals surface area contributed by atoms with Crippen molar-refractivity contribution in [3.05, 3.63) is 47.0 Å². The predicted molar refractivity (Wildman–Crippen MR) is 97.5 cm³/mol. The number of hydrogen-bond acceptors (Lipinski definition) is 0. The zero-order valence-electron chi connectivity index (χ0n) is 15.8. The molecule has 0 aliphatic carbocycles. The Hall–Kier alpha value is -1.51. The molecule has 22 heavy (non-hydrogen) atoms. The van der Waals surface area contributed by atoms with Crippen molar-refractivity contribution in [2.24, 2.45) is 0 Å². The lowest BCUT2D eigenvalue weighted by molar-refractivity contribution is 0.443. The fourth-order valence-electron chi connectivity index (χ4n) is 1.86. The van der Waals surface area contributed by atoms with E-state index in [2.05, 4.69) is 24.9 Å². The molecule has 0 aliphatic heterocycles. The van der Waals surface area contributed by atoms with E-state index < -0.39 is 0 Å². The molecule has 128 valence electrons. The minimum absolute atomic E-state index is 0.283. The highest BCUT2D eigenvalue weighted by Crippen LogP contribution is 2.07. The molecule has 0 amide bonds. The second kappa shape index (κ2) is 14.4. The van der Waals surface area contributed by atoms with Crippen LogP contribution in [0, 0.1) is 20.8 Å². The third kappa shape index (κ3) is 8.06. The number of nitrogens with zero attached hydrogens (tertiary/aromatic N) is 1. The van der Waals surface area contributed by atoms with Crippen molar-refractivity contribution in [3.63, 3.8) is 0 Å². The molecule has 2 rings (SSSR count). The number of aromatic nitrogens is 2. The Balaban J connectivity index is 0. The van der Waals surface area contributed by atoms with Crippen molar-refractivity contribution >= 4 is 0 Å². The summed E-state index contributed by atoms with van der Waals surface area (Å²) in [5, 5.41) is 0. The number of halogens is 1. The molecule has 2 aromatic rings. The zero-order chi connectivity index (χ0) is 17.5. The second-order valence-electron chi connectivity index (χ2n) is 4.46. The quantitative estimate of drug-likeness (QED) is 0.716. The van der Waals surface area contributed by atoms with Crippen molar-refractivity contribution in [2.75, 3.05) is 6.67 Å². The molecule has 0 aliphatic rings. The Bertz CT molecular complexity index is 469. The van der Waals surface area contributed by atoms with Crippen LogP contribution in [0.5, 0.6) is 0 Å². The van der Waals surface area contributed by atoms with E-state index in [0.717, 1.165) is 12.1 Å². The van der Waals surface area contributed by atoms with Gasteiger partial charge >= 0.3 is 0 Å². The highest BCUT2D eigenvalue weighted by Gasteiger charge is 1.97. The van der Waals surface area contributed by atoms with Crippen LogP contribution in [0.25, 0.3) is 0 Å². The van der Waals surface area contributed by atoms with Crippen LogP contribution in [0.1, 0.15) is 57.1 Å². The summed E-state index contributed by atoms with van der Waals surface area (Å²) in [6, 6.07) is 4.10. The summed E-state index contributed by atoms with van der Waals surface area (Å²) < 4.78 is 13.8. The van der Waals surface area contributed by atoms with Crippen molar-refractivity contribution in [3.8, 4) is 0 Å². The third-order valence-corrected chi connectivity index (χ3v) is 3.25. The van der Waals surface area contributed by atoms with Gasteiger partial charge in [-0.3, -0.25) is 0 Å². The van der Waals surface area contributed by atoms with Crippen molar-refractivity contribution in [2.45, 2.75) is 68.4 Å². The summed E-state index contributed by atoms with van der Waals surface area (Å²) in [6.45, 7) is 16.5. The second-order valence-corrected chi connectivity index (χ2v) is 4.46. The van der Waals surface area contributed by atoms with Gasteiger partial charge in [0.15, 0.2) is 0 Å². The van der Waals surface area contributed by atoms with Crippen LogP contribution in [0.15, 0.2) is 24.5 Å². The highest BCUT2D eigenvalue weighted by atomic mass is 19.1. The van der Waals surface area contributed by atoms with E-state index in [9.17, 15) is 4.39 Å². The SMILES string of the molecule is CC.CC.CCc1[nH]ccc1C.Cc1ccn(CCF)c1C. The van der Waals surface area contributed by atoms with Gasteiger partial charge in [0.05, 0.1) is 6.54 Å². The summed E-state index contributed by atoms with van der Waals surface area (Å²) in [6.07, 6.45) is 5.01. The molecule has 0 bridgehead atoms. The van der Waals surface area contributed by atoms with E-state index in [1.165, 1.54) is 16.8 Å².